The molecule has 0 saturated heterocycles. The van der Waals surface area contributed by atoms with Crippen LogP contribution in [0.3, 0.4) is 0 Å². The minimum Gasteiger partial charge on any atom is -0.497 e. The van der Waals surface area contributed by atoms with Gasteiger partial charge in [0.2, 0.25) is 12.7 Å². The van der Waals surface area contributed by atoms with Crippen LogP contribution in [0.25, 0.3) is 11.3 Å². The summed E-state index contributed by atoms with van der Waals surface area (Å²) in [6, 6.07) is 11.7. The van der Waals surface area contributed by atoms with E-state index in [1.807, 2.05) is 0 Å². The van der Waals surface area contributed by atoms with Crippen LogP contribution in [0.5, 0.6) is 23.0 Å². The van der Waals surface area contributed by atoms with Crippen molar-refractivity contribution in [3.63, 3.8) is 0 Å². The maximum atomic E-state index is 12.5. The molecule has 0 spiro atoms. The smallest absolute Gasteiger partial charge is 0.254 e. The van der Waals surface area contributed by atoms with Gasteiger partial charge in [-0.1, -0.05) is 0 Å². The predicted octanol–water partition coefficient (Wildman–Crippen LogP) is 2.29. The summed E-state index contributed by atoms with van der Waals surface area (Å²) in [4.78, 5) is 29.2. The van der Waals surface area contributed by atoms with Gasteiger partial charge >= 0.3 is 0 Å². The number of aromatic nitrogens is 2. The van der Waals surface area contributed by atoms with E-state index in [0.29, 0.717) is 34.4 Å². The van der Waals surface area contributed by atoms with Crippen molar-refractivity contribution in [3.8, 4) is 34.3 Å². The van der Waals surface area contributed by atoms with Crippen LogP contribution in [-0.2, 0) is 11.3 Å². The van der Waals surface area contributed by atoms with Gasteiger partial charge < -0.3 is 24.3 Å². The minimum absolute atomic E-state index is 0.169. The Labute approximate surface area is 171 Å². The number of carbonyl (C=O) groups is 1. The van der Waals surface area contributed by atoms with Crippen molar-refractivity contribution in [2.24, 2.45) is 0 Å². The molecule has 0 unspecified atom stereocenters. The van der Waals surface area contributed by atoms with Gasteiger partial charge in [0.05, 0.1) is 31.9 Å². The summed E-state index contributed by atoms with van der Waals surface area (Å²) >= 11 is 0. The van der Waals surface area contributed by atoms with Gasteiger partial charge in [-0.3, -0.25) is 14.2 Å². The monoisotopic (exact) mass is 409 g/mol. The van der Waals surface area contributed by atoms with Crippen LogP contribution >= 0.6 is 0 Å². The number of anilines is 1. The number of ether oxygens (including phenoxy) is 4. The number of rotatable bonds is 6. The quantitative estimate of drug-likeness (QED) is 0.667. The minimum atomic E-state index is -0.391. The molecule has 154 valence electrons. The molecule has 1 N–H and O–H groups in total. The van der Waals surface area contributed by atoms with Crippen LogP contribution in [0.2, 0.25) is 0 Å². The third kappa shape index (κ3) is 3.90. The number of carbonyl (C=O) groups excluding carboxylic acids is 1. The first-order valence-corrected chi connectivity index (χ1v) is 9.06. The summed E-state index contributed by atoms with van der Waals surface area (Å²) < 4.78 is 22.3. The van der Waals surface area contributed by atoms with Crippen LogP contribution in [0.1, 0.15) is 0 Å². The van der Waals surface area contributed by atoms with Gasteiger partial charge in [-0.05, 0) is 30.3 Å². The Hall–Kier alpha value is -4.01. The van der Waals surface area contributed by atoms with Crippen LogP contribution in [-0.4, -0.2) is 36.5 Å². The maximum absolute atomic E-state index is 12.5. The second-order valence-corrected chi connectivity index (χ2v) is 6.42. The van der Waals surface area contributed by atoms with Crippen LogP contribution in [0.15, 0.2) is 53.6 Å². The first-order chi connectivity index (χ1) is 14.6. The first-order valence-electron chi connectivity index (χ1n) is 9.06. The summed E-state index contributed by atoms with van der Waals surface area (Å²) in [6.45, 7) is -0.0235. The highest BCUT2D eigenvalue weighted by Gasteiger charge is 2.15. The van der Waals surface area contributed by atoms with E-state index in [1.54, 1.807) is 43.5 Å². The molecule has 30 heavy (non-hydrogen) atoms. The number of fused-ring (bicyclic) bond motifs is 1. The molecule has 0 saturated carbocycles. The Kier molecular flexibility index (Phi) is 5.25. The molecule has 9 nitrogen and oxygen atoms in total. The van der Waals surface area contributed by atoms with Crippen LogP contribution < -0.4 is 29.8 Å². The van der Waals surface area contributed by atoms with E-state index in [9.17, 15) is 9.59 Å². The molecular weight excluding hydrogens is 390 g/mol. The molecule has 2 aromatic carbocycles. The number of hydrogen-bond acceptors (Lipinski definition) is 7. The van der Waals surface area contributed by atoms with E-state index >= 15 is 0 Å². The molecule has 1 aliphatic rings. The van der Waals surface area contributed by atoms with Gasteiger partial charge in [0.1, 0.15) is 18.0 Å². The van der Waals surface area contributed by atoms with E-state index < -0.39 is 5.91 Å². The Morgan fingerprint density at radius 3 is 2.70 bits per heavy atom. The zero-order valence-electron chi connectivity index (χ0n) is 16.4. The van der Waals surface area contributed by atoms with Gasteiger partial charge in [0.15, 0.2) is 11.5 Å². The second kappa shape index (κ2) is 8.16. The van der Waals surface area contributed by atoms with E-state index in [1.165, 1.54) is 24.1 Å². The maximum Gasteiger partial charge on any atom is 0.254 e. The summed E-state index contributed by atoms with van der Waals surface area (Å²) in [7, 11) is 3.04. The summed E-state index contributed by atoms with van der Waals surface area (Å²) in [5, 5.41) is 2.73. The lowest BCUT2D eigenvalue weighted by Crippen LogP contribution is -2.27. The fourth-order valence-electron chi connectivity index (χ4n) is 3.00. The molecule has 0 bridgehead atoms. The summed E-state index contributed by atoms with van der Waals surface area (Å²) in [6.07, 6.45) is 1.34. The second-order valence-electron chi connectivity index (χ2n) is 6.42. The Morgan fingerprint density at radius 2 is 1.93 bits per heavy atom. The van der Waals surface area contributed by atoms with Gasteiger partial charge in [-0.2, -0.15) is 0 Å². The number of hydrogen-bond donors (Lipinski definition) is 1. The standard InChI is InChI=1S/C21H19N3O6/c1-27-14-4-5-15(18(8-14)28-2)23-20(25)10-24-11-22-16(9-21(24)26)13-3-6-17-19(7-13)30-12-29-17/h3-9,11H,10,12H2,1-2H3,(H,23,25). The number of benzene rings is 2. The van der Waals surface area contributed by atoms with Crippen molar-refractivity contribution in [3.05, 3.63) is 59.1 Å². The zero-order chi connectivity index (χ0) is 21.1. The van der Waals surface area contributed by atoms with Gasteiger partial charge in [-0.15, -0.1) is 0 Å². The molecule has 2 heterocycles. The third-order valence-electron chi connectivity index (χ3n) is 4.54. The molecule has 4 rings (SSSR count). The first kappa shape index (κ1) is 19.3. The lowest BCUT2D eigenvalue weighted by atomic mass is 10.1. The molecule has 0 aliphatic carbocycles. The van der Waals surface area contributed by atoms with Gasteiger partial charge in [-0.25, -0.2) is 4.98 Å². The number of nitrogens with zero attached hydrogens (tertiary/aromatic N) is 2. The molecule has 1 amide bonds. The average Bonchev–Trinajstić information content (AvgIpc) is 3.23. The molecule has 1 aromatic heterocycles. The average molecular weight is 409 g/mol. The molecule has 0 fully saturated rings. The fourth-order valence-corrected chi connectivity index (χ4v) is 3.00. The van der Waals surface area contributed by atoms with Crippen molar-refractivity contribution < 1.29 is 23.7 Å². The molecule has 9 heteroatoms. The van der Waals surface area contributed by atoms with Crippen molar-refractivity contribution in [1.29, 1.82) is 0 Å². The van der Waals surface area contributed by atoms with Crippen molar-refractivity contribution in [2.45, 2.75) is 6.54 Å². The van der Waals surface area contributed by atoms with Gasteiger partial charge in [0.25, 0.3) is 5.56 Å². The molecule has 0 atom stereocenters. The molecule has 1 aliphatic heterocycles. The lowest BCUT2D eigenvalue weighted by molar-refractivity contribution is -0.116. The highest BCUT2D eigenvalue weighted by molar-refractivity contribution is 5.92. The number of amides is 1. The summed E-state index contributed by atoms with van der Waals surface area (Å²) in [5.74, 6) is 1.91. The van der Waals surface area contributed by atoms with E-state index in [0.717, 1.165) is 5.56 Å². The Bertz CT molecular complexity index is 1160. The van der Waals surface area contributed by atoms with E-state index in [2.05, 4.69) is 10.3 Å². The van der Waals surface area contributed by atoms with Crippen LogP contribution in [0, 0.1) is 0 Å². The predicted molar refractivity (Wildman–Crippen MR) is 108 cm³/mol. The number of methoxy groups -OCH3 is 2. The summed E-state index contributed by atoms with van der Waals surface area (Å²) in [5.41, 5.74) is 1.32. The van der Waals surface area contributed by atoms with Crippen LogP contribution in [0.4, 0.5) is 5.69 Å². The zero-order valence-corrected chi connectivity index (χ0v) is 16.4. The van der Waals surface area contributed by atoms with E-state index in [4.69, 9.17) is 18.9 Å². The van der Waals surface area contributed by atoms with Crippen molar-refractivity contribution in [1.82, 2.24) is 9.55 Å². The van der Waals surface area contributed by atoms with Crippen molar-refractivity contribution >= 4 is 11.6 Å². The SMILES string of the molecule is COc1ccc(NC(=O)Cn2cnc(-c3ccc4c(c3)OCO4)cc2=O)c(OC)c1. The molecule has 3 aromatic rings. The highest BCUT2D eigenvalue weighted by Crippen LogP contribution is 2.35. The molecule has 0 radical (unpaired) electrons. The Balaban J connectivity index is 1.49. The number of nitrogens with one attached hydrogen (secondary N) is 1. The normalized spacial score (nSPS) is 11.8. The fraction of sp³-hybridized carbons (Fsp3) is 0.190. The Morgan fingerprint density at radius 1 is 1.10 bits per heavy atom. The molecular formula is C21H19N3O6. The van der Waals surface area contributed by atoms with Gasteiger partial charge in [0, 0.05) is 17.7 Å². The highest BCUT2D eigenvalue weighted by atomic mass is 16.7. The topological polar surface area (TPSA) is 101 Å². The van der Waals surface area contributed by atoms with Crippen molar-refractivity contribution in [2.75, 3.05) is 26.3 Å². The van der Waals surface area contributed by atoms with E-state index in [-0.39, 0.29) is 18.9 Å². The lowest BCUT2D eigenvalue weighted by Gasteiger charge is -2.12. The largest absolute Gasteiger partial charge is 0.497 e. The third-order valence-corrected chi connectivity index (χ3v) is 4.54.